The quantitative estimate of drug-likeness (QED) is 0.203. The average Bonchev–Trinajstić information content (AvgIpc) is 3.37. The molecule has 0 atom stereocenters. The molecule has 2 spiro atoms. The van der Waals surface area contributed by atoms with Gasteiger partial charge in [0, 0.05) is 10.8 Å². The first kappa shape index (κ1) is 31.3. The second kappa shape index (κ2) is 10.4. The van der Waals surface area contributed by atoms with Crippen molar-refractivity contribution in [1.29, 1.82) is 0 Å². The van der Waals surface area contributed by atoms with Crippen LogP contribution in [0.5, 0.6) is 0 Å². The molecule has 0 heteroatoms. The van der Waals surface area contributed by atoms with E-state index in [1.807, 2.05) is 0 Å². The van der Waals surface area contributed by atoms with Gasteiger partial charge >= 0.3 is 0 Å². The first-order chi connectivity index (χ1) is 24.0. The van der Waals surface area contributed by atoms with Crippen LogP contribution in [0.3, 0.4) is 0 Å². The minimum absolute atomic E-state index is 0.0971. The molecule has 0 saturated carbocycles. The summed E-state index contributed by atoms with van der Waals surface area (Å²) < 4.78 is 0. The van der Waals surface area contributed by atoms with Crippen molar-refractivity contribution in [3.8, 4) is 22.3 Å². The van der Waals surface area contributed by atoms with Crippen LogP contribution in [0.25, 0.3) is 22.3 Å². The smallest absolute Gasteiger partial charge is 0.0719 e. The van der Waals surface area contributed by atoms with Gasteiger partial charge in [-0.15, -0.1) is 0 Å². The Morgan fingerprint density at radius 2 is 0.720 bits per heavy atom. The van der Waals surface area contributed by atoms with Gasteiger partial charge in [0.15, 0.2) is 0 Å². The topological polar surface area (TPSA) is 0 Å². The van der Waals surface area contributed by atoms with E-state index >= 15 is 0 Å². The number of hydrogen-bond acceptors (Lipinski definition) is 0. The van der Waals surface area contributed by atoms with E-state index in [4.69, 9.17) is 0 Å². The molecular formula is C50H48. The molecule has 50 heavy (non-hydrogen) atoms. The zero-order valence-electron chi connectivity index (χ0n) is 30.9. The van der Waals surface area contributed by atoms with Crippen LogP contribution in [0.1, 0.15) is 74.9 Å². The van der Waals surface area contributed by atoms with Crippen molar-refractivity contribution in [1.82, 2.24) is 0 Å². The molecule has 9 rings (SSSR count). The van der Waals surface area contributed by atoms with Crippen molar-refractivity contribution in [3.63, 3.8) is 0 Å². The molecule has 0 radical (unpaired) electrons. The molecule has 5 aliphatic rings. The van der Waals surface area contributed by atoms with E-state index in [0.717, 1.165) is 0 Å². The minimum atomic E-state index is -0.485. The fourth-order valence-corrected chi connectivity index (χ4v) is 10.1. The monoisotopic (exact) mass is 648 g/mol. The molecule has 0 amide bonds. The Hall–Kier alpha value is -4.68. The summed E-state index contributed by atoms with van der Waals surface area (Å²) >= 11 is 0. The predicted molar refractivity (Wildman–Crippen MR) is 211 cm³/mol. The summed E-state index contributed by atoms with van der Waals surface area (Å²) in [5, 5.41) is 0. The van der Waals surface area contributed by atoms with Gasteiger partial charge in [0.2, 0.25) is 0 Å². The van der Waals surface area contributed by atoms with E-state index in [2.05, 4.69) is 189 Å². The van der Waals surface area contributed by atoms with Crippen molar-refractivity contribution in [2.45, 2.75) is 66.2 Å². The van der Waals surface area contributed by atoms with Crippen molar-refractivity contribution in [2.24, 2.45) is 22.7 Å². The molecule has 0 heterocycles. The molecule has 0 unspecified atom stereocenters. The van der Waals surface area contributed by atoms with Gasteiger partial charge in [0.05, 0.1) is 10.8 Å². The number of benzene rings is 4. The lowest BCUT2D eigenvalue weighted by Gasteiger charge is -2.49. The molecule has 0 fully saturated rings. The highest BCUT2D eigenvalue weighted by Crippen LogP contribution is 2.69. The Bertz CT molecular complexity index is 2110. The zero-order valence-corrected chi connectivity index (χ0v) is 30.9. The van der Waals surface area contributed by atoms with Gasteiger partial charge in [-0.05, 0) is 104 Å². The fourth-order valence-electron chi connectivity index (χ4n) is 10.1. The molecule has 0 saturated heterocycles. The van der Waals surface area contributed by atoms with Gasteiger partial charge in [-0.1, -0.05) is 175 Å². The van der Waals surface area contributed by atoms with E-state index in [1.54, 1.807) is 0 Å². The number of allylic oxidation sites excluding steroid dienone is 12. The first-order valence-corrected chi connectivity index (χ1v) is 18.7. The zero-order chi connectivity index (χ0) is 34.8. The van der Waals surface area contributed by atoms with Crippen LogP contribution in [-0.2, 0) is 10.8 Å². The van der Waals surface area contributed by atoms with E-state index < -0.39 is 10.8 Å². The number of fused-ring (bicyclic) bond motifs is 14. The fraction of sp³-hybridized carbons (Fsp3) is 0.280. The summed E-state index contributed by atoms with van der Waals surface area (Å²) in [6.45, 7) is 18.9. The summed E-state index contributed by atoms with van der Waals surface area (Å²) in [5.74, 6) is 0.882. The Labute approximate surface area is 299 Å². The summed E-state index contributed by atoms with van der Waals surface area (Å²) in [7, 11) is 0. The van der Waals surface area contributed by atoms with Crippen LogP contribution in [0.2, 0.25) is 0 Å². The SMILES string of the molecule is Cc1cccc2c1-c1ccccc1C21C2=C(C=CC(C)(C(C)C)C=C2)C2(C3=C1C=CC(C)(C(C)C)C=C3)c1ccccc1-c1c(C)cccc12. The molecule has 0 aliphatic heterocycles. The summed E-state index contributed by atoms with van der Waals surface area (Å²) in [6.07, 6.45) is 20.4. The standard InChI is InChI=1S/C50H48/c1-31(2)47(7)27-23-39-40(24-28-47)50(38-20-12-10-18-36(38)46-34(6)16-14-22-44(46)50)42-26-30-48(8,32(3)4)29-25-41(42)49(39)37-19-11-9-17-35(37)45-33(5)15-13-21-43(45)49/h9-32H,1-8H3. The van der Waals surface area contributed by atoms with Gasteiger partial charge in [0.1, 0.15) is 0 Å². The average molecular weight is 649 g/mol. The third-order valence-electron chi connectivity index (χ3n) is 13.7. The van der Waals surface area contributed by atoms with Crippen molar-refractivity contribution in [2.75, 3.05) is 0 Å². The first-order valence-electron chi connectivity index (χ1n) is 18.7. The molecule has 5 aliphatic carbocycles. The maximum Gasteiger partial charge on any atom is 0.0719 e. The van der Waals surface area contributed by atoms with Crippen molar-refractivity contribution < 1.29 is 0 Å². The van der Waals surface area contributed by atoms with Gasteiger partial charge in [-0.3, -0.25) is 0 Å². The Balaban J connectivity index is 1.55. The van der Waals surface area contributed by atoms with Crippen LogP contribution in [0.15, 0.2) is 156 Å². The largest absolute Gasteiger partial charge is 0.0742 e. The summed E-state index contributed by atoms with van der Waals surface area (Å²) in [5.41, 5.74) is 18.2. The molecule has 4 aromatic rings. The van der Waals surface area contributed by atoms with Gasteiger partial charge in [-0.2, -0.15) is 0 Å². The lowest BCUT2D eigenvalue weighted by molar-refractivity contribution is 0.383. The van der Waals surface area contributed by atoms with E-state index in [1.165, 1.54) is 77.9 Å². The number of hydrogen-bond donors (Lipinski definition) is 0. The highest BCUT2D eigenvalue weighted by Gasteiger charge is 2.60. The molecule has 0 N–H and O–H groups in total. The second-order valence-electron chi connectivity index (χ2n) is 16.6. The predicted octanol–water partition coefficient (Wildman–Crippen LogP) is 12.7. The van der Waals surface area contributed by atoms with Crippen molar-refractivity contribution in [3.05, 3.63) is 189 Å². The molecule has 0 nitrogen and oxygen atoms in total. The van der Waals surface area contributed by atoms with E-state index in [-0.39, 0.29) is 10.8 Å². The number of aryl methyl sites for hydroxylation is 2. The Kier molecular flexibility index (Phi) is 6.53. The van der Waals surface area contributed by atoms with Gasteiger partial charge in [-0.25, -0.2) is 0 Å². The lowest BCUT2D eigenvalue weighted by Crippen LogP contribution is -2.43. The molecule has 248 valence electrons. The van der Waals surface area contributed by atoms with Crippen LogP contribution in [0, 0.1) is 36.5 Å². The van der Waals surface area contributed by atoms with E-state index in [0.29, 0.717) is 11.8 Å². The molecule has 4 aromatic carbocycles. The van der Waals surface area contributed by atoms with Gasteiger partial charge in [0.25, 0.3) is 0 Å². The Morgan fingerprint density at radius 1 is 0.400 bits per heavy atom. The van der Waals surface area contributed by atoms with Crippen LogP contribution >= 0.6 is 0 Å². The van der Waals surface area contributed by atoms with Crippen LogP contribution in [-0.4, -0.2) is 0 Å². The normalized spacial score (nSPS) is 28.2. The molecular weight excluding hydrogens is 601 g/mol. The summed E-state index contributed by atoms with van der Waals surface area (Å²) in [4.78, 5) is 0. The minimum Gasteiger partial charge on any atom is -0.0742 e. The summed E-state index contributed by atoms with van der Waals surface area (Å²) in [6, 6.07) is 32.6. The lowest BCUT2D eigenvalue weighted by atomic mass is 9.52. The Morgan fingerprint density at radius 3 is 1.06 bits per heavy atom. The highest BCUT2D eigenvalue weighted by atomic mass is 14.6. The molecule has 0 bridgehead atoms. The van der Waals surface area contributed by atoms with Crippen molar-refractivity contribution >= 4 is 0 Å². The maximum atomic E-state index is 2.57. The number of rotatable bonds is 2. The van der Waals surface area contributed by atoms with Crippen LogP contribution in [0.4, 0.5) is 0 Å². The van der Waals surface area contributed by atoms with E-state index in [9.17, 15) is 0 Å². The third kappa shape index (κ3) is 3.67. The van der Waals surface area contributed by atoms with Crippen LogP contribution < -0.4 is 0 Å². The highest BCUT2D eigenvalue weighted by molar-refractivity contribution is 5.96. The molecule has 0 aromatic heterocycles. The van der Waals surface area contributed by atoms with Gasteiger partial charge < -0.3 is 0 Å². The third-order valence-corrected chi connectivity index (χ3v) is 13.7. The maximum absolute atomic E-state index is 2.57. The second-order valence-corrected chi connectivity index (χ2v) is 16.6.